The highest BCUT2D eigenvalue weighted by atomic mass is 16.7. The fourth-order valence-electron chi connectivity index (χ4n) is 3.48. The molecule has 1 aromatic carbocycles. The van der Waals surface area contributed by atoms with Crippen LogP contribution in [0.1, 0.15) is 70.5 Å². The van der Waals surface area contributed by atoms with Crippen molar-refractivity contribution in [2.45, 2.75) is 64.9 Å². The fourth-order valence-corrected chi connectivity index (χ4v) is 3.48. The molecule has 0 aliphatic heterocycles. The lowest BCUT2D eigenvalue weighted by Crippen LogP contribution is -2.27. The van der Waals surface area contributed by atoms with Gasteiger partial charge in [0.25, 0.3) is 0 Å². The molecule has 0 saturated heterocycles. The van der Waals surface area contributed by atoms with Gasteiger partial charge >= 0.3 is 0 Å². The van der Waals surface area contributed by atoms with Gasteiger partial charge in [-0.2, -0.15) is 0 Å². The van der Waals surface area contributed by atoms with Crippen LogP contribution in [0.15, 0.2) is 30.3 Å². The molecule has 2 nitrogen and oxygen atoms in total. The van der Waals surface area contributed by atoms with Gasteiger partial charge in [0, 0.05) is 24.9 Å². The van der Waals surface area contributed by atoms with Gasteiger partial charge in [0.2, 0.25) is 0 Å². The second kappa shape index (κ2) is 11.3. The number of hydrogen-bond donors (Lipinski definition) is 0. The standard InChI is InChI=1S/C22H32O2/c1-3-5-6-8-13-19-14-11-12-17-21(19)22(24-18-23-4-2)20-15-9-7-10-16-20/h7,9-10,15-16,19,21-22H,3-6,11-12,14,17-18H2,1-2H3/t19-,21-,22-/m0/s1. The minimum atomic E-state index is 0.0866. The zero-order valence-corrected chi connectivity index (χ0v) is 15.3. The van der Waals surface area contributed by atoms with E-state index in [1.807, 2.05) is 6.92 Å². The molecule has 0 bridgehead atoms. The van der Waals surface area contributed by atoms with E-state index in [4.69, 9.17) is 9.47 Å². The Bertz CT molecular complexity index is 500. The quantitative estimate of drug-likeness (QED) is 0.344. The number of benzene rings is 1. The first-order valence-corrected chi connectivity index (χ1v) is 9.59. The van der Waals surface area contributed by atoms with Crippen LogP contribution in [0.5, 0.6) is 0 Å². The Balaban J connectivity index is 2.12. The summed E-state index contributed by atoms with van der Waals surface area (Å²) in [5.74, 6) is 7.91. The second-order valence-electron chi connectivity index (χ2n) is 6.59. The lowest BCUT2D eigenvalue weighted by Gasteiger charge is -2.34. The highest BCUT2D eigenvalue weighted by Crippen LogP contribution is 2.40. The van der Waals surface area contributed by atoms with Crippen molar-refractivity contribution >= 4 is 0 Å². The molecule has 0 N–H and O–H groups in total. The van der Waals surface area contributed by atoms with E-state index in [0.717, 1.165) is 6.42 Å². The Hall–Kier alpha value is -1.30. The van der Waals surface area contributed by atoms with Gasteiger partial charge in [0.15, 0.2) is 0 Å². The van der Waals surface area contributed by atoms with Crippen LogP contribution in [0.3, 0.4) is 0 Å². The number of ether oxygens (including phenoxy) is 2. The Morgan fingerprint density at radius 3 is 2.67 bits per heavy atom. The Morgan fingerprint density at radius 1 is 1.12 bits per heavy atom. The van der Waals surface area contributed by atoms with Gasteiger partial charge in [0.05, 0.1) is 6.10 Å². The molecule has 24 heavy (non-hydrogen) atoms. The molecule has 0 spiro atoms. The smallest absolute Gasteiger partial charge is 0.147 e. The molecule has 1 fully saturated rings. The summed E-state index contributed by atoms with van der Waals surface area (Å²) in [7, 11) is 0. The van der Waals surface area contributed by atoms with Crippen LogP contribution in [-0.2, 0) is 9.47 Å². The van der Waals surface area contributed by atoms with E-state index in [2.05, 4.69) is 49.1 Å². The summed E-state index contributed by atoms with van der Waals surface area (Å²) in [6.45, 7) is 5.27. The minimum absolute atomic E-state index is 0.0866. The van der Waals surface area contributed by atoms with E-state index in [9.17, 15) is 0 Å². The summed E-state index contributed by atoms with van der Waals surface area (Å²) in [4.78, 5) is 0. The molecule has 0 amide bonds. The first kappa shape index (κ1) is 19.0. The van der Waals surface area contributed by atoms with Crippen molar-refractivity contribution < 1.29 is 9.47 Å². The highest BCUT2D eigenvalue weighted by molar-refractivity contribution is 5.20. The van der Waals surface area contributed by atoms with Gasteiger partial charge in [0.1, 0.15) is 6.79 Å². The van der Waals surface area contributed by atoms with Crippen molar-refractivity contribution in [2.24, 2.45) is 11.8 Å². The van der Waals surface area contributed by atoms with Crippen molar-refractivity contribution in [1.82, 2.24) is 0 Å². The molecule has 0 unspecified atom stereocenters. The summed E-state index contributed by atoms with van der Waals surface area (Å²) >= 11 is 0. The van der Waals surface area contributed by atoms with Gasteiger partial charge in [-0.1, -0.05) is 62.4 Å². The van der Waals surface area contributed by atoms with Gasteiger partial charge in [-0.25, -0.2) is 0 Å². The summed E-state index contributed by atoms with van der Waals surface area (Å²) < 4.78 is 11.6. The fraction of sp³-hybridized carbons (Fsp3) is 0.636. The lowest BCUT2D eigenvalue weighted by atomic mass is 9.74. The molecule has 3 atom stereocenters. The van der Waals surface area contributed by atoms with Crippen LogP contribution in [0, 0.1) is 23.7 Å². The van der Waals surface area contributed by atoms with Gasteiger partial charge in [-0.05, 0) is 31.7 Å². The first-order chi connectivity index (χ1) is 11.9. The summed E-state index contributed by atoms with van der Waals surface area (Å²) in [6, 6.07) is 10.6. The molecule has 1 saturated carbocycles. The van der Waals surface area contributed by atoms with Gasteiger partial charge in [-0.15, -0.1) is 5.92 Å². The van der Waals surface area contributed by atoms with Crippen LogP contribution >= 0.6 is 0 Å². The monoisotopic (exact) mass is 328 g/mol. The van der Waals surface area contributed by atoms with Crippen molar-refractivity contribution in [3.05, 3.63) is 35.9 Å². The molecular weight excluding hydrogens is 296 g/mol. The summed E-state index contributed by atoms with van der Waals surface area (Å²) in [5, 5.41) is 0. The number of rotatable bonds is 8. The molecule has 1 aromatic rings. The summed E-state index contributed by atoms with van der Waals surface area (Å²) in [6.07, 6.45) is 8.48. The summed E-state index contributed by atoms with van der Waals surface area (Å²) in [5.41, 5.74) is 1.25. The van der Waals surface area contributed by atoms with E-state index in [1.54, 1.807) is 0 Å². The highest BCUT2D eigenvalue weighted by Gasteiger charge is 2.32. The molecule has 2 heteroatoms. The van der Waals surface area contributed by atoms with E-state index in [-0.39, 0.29) is 6.10 Å². The van der Waals surface area contributed by atoms with E-state index >= 15 is 0 Å². The van der Waals surface area contributed by atoms with Crippen molar-refractivity contribution in [2.75, 3.05) is 13.4 Å². The Morgan fingerprint density at radius 2 is 1.92 bits per heavy atom. The van der Waals surface area contributed by atoms with E-state index in [1.165, 1.54) is 44.1 Å². The average molecular weight is 328 g/mol. The maximum atomic E-state index is 6.18. The van der Waals surface area contributed by atoms with Crippen LogP contribution < -0.4 is 0 Å². The zero-order valence-electron chi connectivity index (χ0n) is 15.3. The molecule has 1 aliphatic carbocycles. The maximum absolute atomic E-state index is 6.18. The molecule has 0 radical (unpaired) electrons. The molecule has 1 aliphatic rings. The molecular formula is C22H32O2. The van der Waals surface area contributed by atoms with Crippen molar-refractivity contribution in [3.8, 4) is 11.8 Å². The topological polar surface area (TPSA) is 18.5 Å². The maximum Gasteiger partial charge on any atom is 0.147 e. The van der Waals surface area contributed by atoms with Gasteiger partial charge < -0.3 is 9.47 Å². The normalized spacial score (nSPS) is 21.8. The molecule has 132 valence electrons. The van der Waals surface area contributed by atoms with E-state index < -0.39 is 0 Å². The average Bonchev–Trinajstić information content (AvgIpc) is 2.64. The van der Waals surface area contributed by atoms with Crippen LogP contribution in [-0.4, -0.2) is 13.4 Å². The van der Waals surface area contributed by atoms with Crippen LogP contribution in [0.25, 0.3) is 0 Å². The number of unbranched alkanes of at least 4 members (excludes halogenated alkanes) is 2. The van der Waals surface area contributed by atoms with E-state index in [0.29, 0.717) is 25.2 Å². The lowest BCUT2D eigenvalue weighted by molar-refractivity contribution is -0.115. The Labute approximate surface area is 147 Å². The van der Waals surface area contributed by atoms with Crippen LogP contribution in [0.4, 0.5) is 0 Å². The van der Waals surface area contributed by atoms with Crippen LogP contribution in [0.2, 0.25) is 0 Å². The van der Waals surface area contributed by atoms with Gasteiger partial charge in [-0.3, -0.25) is 0 Å². The predicted octanol–water partition coefficient (Wildman–Crippen LogP) is 5.74. The Kier molecular flexibility index (Phi) is 8.95. The van der Waals surface area contributed by atoms with Crippen molar-refractivity contribution in [3.63, 3.8) is 0 Å². The van der Waals surface area contributed by atoms with Crippen molar-refractivity contribution in [1.29, 1.82) is 0 Å². The molecule has 2 rings (SSSR count). The largest absolute Gasteiger partial charge is 0.356 e. The minimum Gasteiger partial charge on any atom is -0.356 e. The second-order valence-corrected chi connectivity index (χ2v) is 6.59. The molecule has 0 heterocycles. The third-order valence-corrected chi connectivity index (χ3v) is 4.81. The predicted molar refractivity (Wildman–Crippen MR) is 99.5 cm³/mol. The number of hydrogen-bond acceptors (Lipinski definition) is 2. The molecule has 0 aromatic heterocycles. The zero-order chi connectivity index (χ0) is 17.0. The SMILES string of the molecule is CCCCC#C[C@H]1CCCC[C@@H]1[C@@H](OCOCC)c1ccccc1. The first-order valence-electron chi connectivity index (χ1n) is 9.59. The third-order valence-electron chi connectivity index (χ3n) is 4.81. The third kappa shape index (κ3) is 5.96.